The average Bonchev–Trinajstić information content (AvgIpc) is 2.62. The number of rotatable bonds is 7. The standard InChI is InChI=1S/C21H23FN2O4/c1-12(2)10-18(21(27)28)24-19(25)14-9-8-13(3)17(11-14)23-20(26)15-6-4-5-7-16(15)22/h4-9,11-12,18H,10H2,1-3H3,(H,23,26)(H,24,25)(H,27,28)/t18-/m0/s1. The second-order valence-corrected chi connectivity index (χ2v) is 6.96. The third kappa shape index (κ3) is 5.39. The summed E-state index contributed by atoms with van der Waals surface area (Å²) in [7, 11) is 0. The van der Waals surface area contributed by atoms with Crippen LogP contribution in [0.15, 0.2) is 42.5 Å². The minimum Gasteiger partial charge on any atom is -0.480 e. The van der Waals surface area contributed by atoms with E-state index in [0.717, 1.165) is 0 Å². The van der Waals surface area contributed by atoms with Gasteiger partial charge in [0, 0.05) is 11.3 Å². The molecule has 0 fully saturated rings. The van der Waals surface area contributed by atoms with E-state index in [9.17, 15) is 23.9 Å². The molecule has 0 radical (unpaired) electrons. The maximum absolute atomic E-state index is 13.8. The monoisotopic (exact) mass is 386 g/mol. The summed E-state index contributed by atoms with van der Waals surface area (Å²) in [5.74, 6) is -2.86. The smallest absolute Gasteiger partial charge is 0.326 e. The van der Waals surface area contributed by atoms with E-state index in [1.165, 1.54) is 30.3 Å². The highest BCUT2D eigenvalue weighted by Crippen LogP contribution is 2.19. The number of hydrogen-bond donors (Lipinski definition) is 3. The first-order chi connectivity index (χ1) is 13.2. The van der Waals surface area contributed by atoms with E-state index < -0.39 is 29.6 Å². The van der Waals surface area contributed by atoms with Crippen LogP contribution in [0.25, 0.3) is 0 Å². The van der Waals surface area contributed by atoms with Gasteiger partial charge in [-0.15, -0.1) is 0 Å². The Kier molecular flexibility index (Phi) is 6.87. The van der Waals surface area contributed by atoms with Gasteiger partial charge in [-0.05, 0) is 49.1 Å². The number of anilines is 1. The maximum Gasteiger partial charge on any atom is 0.326 e. The maximum atomic E-state index is 13.8. The molecule has 0 unspecified atom stereocenters. The van der Waals surface area contributed by atoms with Gasteiger partial charge in [-0.25, -0.2) is 9.18 Å². The molecule has 2 aromatic carbocycles. The van der Waals surface area contributed by atoms with Gasteiger partial charge >= 0.3 is 5.97 Å². The number of hydrogen-bond acceptors (Lipinski definition) is 3. The van der Waals surface area contributed by atoms with Crippen LogP contribution in [0.4, 0.5) is 10.1 Å². The fraction of sp³-hybridized carbons (Fsp3) is 0.286. The van der Waals surface area contributed by atoms with E-state index in [0.29, 0.717) is 17.7 Å². The van der Waals surface area contributed by atoms with Gasteiger partial charge in [-0.1, -0.05) is 32.0 Å². The van der Waals surface area contributed by atoms with Gasteiger partial charge in [0.05, 0.1) is 5.56 Å². The zero-order valence-corrected chi connectivity index (χ0v) is 16.0. The largest absolute Gasteiger partial charge is 0.480 e. The summed E-state index contributed by atoms with van der Waals surface area (Å²) in [6, 6.07) is 9.19. The molecule has 0 saturated heterocycles. The molecular formula is C21H23FN2O4. The lowest BCUT2D eigenvalue weighted by molar-refractivity contribution is -0.139. The van der Waals surface area contributed by atoms with Crippen molar-refractivity contribution in [1.82, 2.24) is 5.32 Å². The first-order valence-electron chi connectivity index (χ1n) is 8.89. The lowest BCUT2D eigenvalue weighted by Gasteiger charge is -2.17. The molecule has 2 rings (SSSR count). The molecule has 6 nitrogen and oxygen atoms in total. The zero-order valence-electron chi connectivity index (χ0n) is 16.0. The van der Waals surface area contributed by atoms with Crippen LogP contribution in [0.5, 0.6) is 0 Å². The molecule has 2 aromatic rings. The van der Waals surface area contributed by atoms with Gasteiger partial charge in [0.15, 0.2) is 0 Å². The molecule has 148 valence electrons. The van der Waals surface area contributed by atoms with Crippen LogP contribution >= 0.6 is 0 Å². The van der Waals surface area contributed by atoms with Crippen molar-refractivity contribution in [1.29, 1.82) is 0 Å². The predicted molar refractivity (Wildman–Crippen MR) is 104 cm³/mol. The highest BCUT2D eigenvalue weighted by molar-refractivity contribution is 6.06. The number of halogens is 1. The third-order valence-electron chi connectivity index (χ3n) is 4.18. The molecule has 0 aliphatic carbocycles. The summed E-state index contributed by atoms with van der Waals surface area (Å²) >= 11 is 0. The number of benzene rings is 2. The van der Waals surface area contributed by atoms with E-state index in [1.54, 1.807) is 19.1 Å². The van der Waals surface area contributed by atoms with E-state index in [2.05, 4.69) is 10.6 Å². The van der Waals surface area contributed by atoms with Crippen LogP contribution in [0.2, 0.25) is 0 Å². The topological polar surface area (TPSA) is 95.5 Å². The number of carbonyl (C=O) groups excluding carboxylic acids is 2. The molecule has 7 heteroatoms. The number of nitrogens with one attached hydrogen (secondary N) is 2. The minimum atomic E-state index is -1.11. The Morgan fingerprint density at radius 1 is 1.07 bits per heavy atom. The quantitative estimate of drug-likeness (QED) is 0.677. The van der Waals surface area contributed by atoms with Crippen LogP contribution in [0.3, 0.4) is 0 Å². The van der Waals surface area contributed by atoms with Crippen LogP contribution < -0.4 is 10.6 Å². The number of amides is 2. The Morgan fingerprint density at radius 3 is 2.36 bits per heavy atom. The Hall–Kier alpha value is -3.22. The van der Waals surface area contributed by atoms with E-state index in [1.807, 2.05) is 13.8 Å². The summed E-state index contributed by atoms with van der Waals surface area (Å²) in [6.07, 6.45) is 0.295. The lowest BCUT2D eigenvalue weighted by atomic mass is 10.0. The van der Waals surface area contributed by atoms with E-state index in [-0.39, 0.29) is 17.0 Å². The molecule has 1 atom stereocenters. The van der Waals surface area contributed by atoms with Crippen LogP contribution in [-0.2, 0) is 4.79 Å². The normalized spacial score (nSPS) is 11.8. The molecule has 28 heavy (non-hydrogen) atoms. The third-order valence-corrected chi connectivity index (χ3v) is 4.18. The number of aryl methyl sites for hydroxylation is 1. The van der Waals surface area contributed by atoms with Gasteiger partial charge in [-0.2, -0.15) is 0 Å². The molecule has 3 N–H and O–H groups in total. The summed E-state index contributed by atoms with van der Waals surface area (Å²) < 4.78 is 13.8. The lowest BCUT2D eigenvalue weighted by Crippen LogP contribution is -2.41. The molecule has 0 saturated carbocycles. The zero-order chi connectivity index (χ0) is 20.8. The summed E-state index contributed by atoms with van der Waals surface area (Å²) in [5, 5.41) is 14.4. The molecule has 0 aromatic heterocycles. The number of carbonyl (C=O) groups is 3. The van der Waals surface area contributed by atoms with E-state index in [4.69, 9.17) is 0 Å². The molecule has 0 bridgehead atoms. The van der Waals surface area contributed by atoms with Gasteiger partial charge in [-0.3, -0.25) is 9.59 Å². The summed E-state index contributed by atoms with van der Waals surface area (Å²) in [6.45, 7) is 5.46. The molecule has 0 aliphatic heterocycles. The van der Waals surface area contributed by atoms with E-state index >= 15 is 0 Å². The van der Waals surface area contributed by atoms with Gasteiger partial charge in [0.25, 0.3) is 11.8 Å². The van der Waals surface area contributed by atoms with Crippen molar-refractivity contribution in [2.24, 2.45) is 5.92 Å². The van der Waals surface area contributed by atoms with Gasteiger partial charge in [0.1, 0.15) is 11.9 Å². The fourth-order valence-corrected chi connectivity index (χ4v) is 2.67. The second-order valence-electron chi connectivity index (χ2n) is 6.96. The Balaban J connectivity index is 2.20. The molecular weight excluding hydrogens is 363 g/mol. The van der Waals surface area contributed by atoms with Gasteiger partial charge in [0.2, 0.25) is 0 Å². The highest BCUT2D eigenvalue weighted by Gasteiger charge is 2.22. The second kappa shape index (κ2) is 9.12. The Morgan fingerprint density at radius 2 is 1.75 bits per heavy atom. The van der Waals surface area contributed by atoms with Crippen molar-refractivity contribution >= 4 is 23.5 Å². The molecule has 2 amide bonds. The SMILES string of the molecule is Cc1ccc(C(=O)N[C@@H](CC(C)C)C(=O)O)cc1NC(=O)c1ccccc1F. The first kappa shape index (κ1) is 21.1. The van der Waals surface area contributed by atoms with Crippen molar-refractivity contribution in [3.63, 3.8) is 0 Å². The number of carboxylic acids is 1. The van der Waals surface area contributed by atoms with Crippen molar-refractivity contribution < 1.29 is 23.9 Å². The van der Waals surface area contributed by atoms with Crippen LogP contribution in [-0.4, -0.2) is 28.9 Å². The minimum absolute atomic E-state index is 0.0926. The number of carboxylic acid groups (broad SMARTS) is 1. The Labute approximate surface area is 162 Å². The van der Waals surface area contributed by atoms with Crippen LogP contribution in [0, 0.1) is 18.7 Å². The highest BCUT2D eigenvalue weighted by atomic mass is 19.1. The van der Waals surface area contributed by atoms with Crippen LogP contribution in [0.1, 0.15) is 46.5 Å². The number of aliphatic carboxylic acids is 1. The molecule has 0 spiro atoms. The summed E-state index contributed by atoms with van der Waals surface area (Å²) in [5.41, 5.74) is 1.11. The van der Waals surface area contributed by atoms with Crippen molar-refractivity contribution in [3.8, 4) is 0 Å². The fourth-order valence-electron chi connectivity index (χ4n) is 2.67. The predicted octanol–water partition coefficient (Wildman–Crippen LogP) is 3.62. The van der Waals surface area contributed by atoms with Gasteiger partial charge < -0.3 is 15.7 Å². The first-order valence-corrected chi connectivity index (χ1v) is 8.89. The molecule has 0 aliphatic rings. The summed E-state index contributed by atoms with van der Waals surface area (Å²) in [4.78, 5) is 36.1. The van der Waals surface area contributed by atoms with Crippen molar-refractivity contribution in [2.45, 2.75) is 33.2 Å². The van der Waals surface area contributed by atoms with Crippen molar-refractivity contribution in [3.05, 3.63) is 65.0 Å². The Bertz CT molecular complexity index is 896. The van der Waals surface area contributed by atoms with Crippen molar-refractivity contribution in [2.75, 3.05) is 5.32 Å². The molecule has 0 heterocycles. The average molecular weight is 386 g/mol.